The van der Waals surface area contributed by atoms with Crippen molar-refractivity contribution in [1.29, 1.82) is 0 Å². The molecular formula is C13H17FN2O. The van der Waals surface area contributed by atoms with Crippen molar-refractivity contribution in [3.8, 4) is 0 Å². The number of amides is 1. The Labute approximate surface area is 100 Å². The third kappa shape index (κ3) is 2.31. The highest BCUT2D eigenvalue weighted by molar-refractivity contribution is 5.82. The van der Waals surface area contributed by atoms with Gasteiger partial charge >= 0.3 is 0 Å². The van der Waals surface area contributed by atoms with Gasteiger partial charge in [-0.05, 0) is 25.8 Å². The number of carbonyl (C=O) groups excluding carboxylic acids is 1. The molecule has 0 aliphatic carbocycles. The first kappa shape index (κ1) is 12.0. The van der Waals surface area contributed by atoms with Crippen LogP contribution >= 0.6 is 0 Å². The van der Waals surface area contributed by atoms with E-state index >= 15 is 0 Å². The molecule has 0 unspecified atom stereocenters. The van der Waals surface area contributed by atoms with Crippen molar-refractivity contribution in [2.24, 2.45) is 5.73 Å². The van der Waals surface area contributed by atoms with Gasteiger partial charge in [0.05, 0.1) is 12.1 Å². The van der Waals surface area contributed by atoms with Gasteiger partial charge in [0.15, 0.2) is 0 Å². The lowest BCUT2D eigenvalue weighted by Gasteiger charge is -2.35. The Balaban J connectivity index is 2.22. The van der Waals surface area contributed by atoms with Gasteiger partial charge in [0.1, 0.15) is 5.82 Å². The van der Waals surface area contributed by atoms with Crippen molar-refractivity contribution in [3.63, 3.8) is 0 Å². The van der Waals surface area contributed by atoms with Gasteiger partial charge in [-0.1, -0.05) is 18.2 Å². The van der Waals surface area contributed by atoms with Crippen LogP contribution in [0, 0.1) is 5.82 Å². The molecule has 1 aromatic rings. The number of hydrogen-bond donors (Lipinski definition) is 1. The van der Waals surface area contributed by atoms with E-state index in [-0.39, 0.29) is 17.8 Å². The van der Waals surface area contributed by atoms with E-state index in [2.05, 4.69) is 0 Å². The average molecular weight is 236 g/mol. The smallest absolute Gasteiger partial charge is 0.239 e. The van der Waals surface area contributed by atoms with E-state index in [1.165, 1.54) is 6.07 Å². The first-order chi connectivity index (χ1) is 8.11. The molecule has 1 amide bonds. The normalized spacial score (nSPS) is 22.6. The molecule has 2 atom stereocenters. The highest BCUT2D eigenvalue weighted by atomic mass is 19.1. The molecule has 1 aromatic carbocycles. The zero-order chi connectivity index (χ0) is 12.4. The monoisotopic (exact) mass is 236 g/mol. The lowest BCUT2D eigenvalue weighted by atomic mass is 10.00. The van der Waals surface area contributed by atoms with E-state index in [1.807, 2.05) is 6.92 Å². The summed E-state index contributed by atoms with van der Waals surface area (Å²) in [5.41, 5.74) is 6.29. The summed E-state index contributed by atoms with van der Waals surface area (Å²) < 4.78 is 13.7. The molecule has 0 radical (unpaired) electrons. The summed E-state index contributed by atoms with van der Waals surface area (Å²) in [4.78, 5) is 13.6. The molecule has 0 saturated carbocycles. The van der Waals surface area contributed by atoms with E-state index < -0.39 is 6.04 Å². The SMILES string of the molecule is C[C@@H](c1ccccc1F)N1CCC[C@H](N)C1=O. The van der Waals surface area contributed by atoms with Crippen molar-refractivity contribution >= 4 is 5.91 Å². The van der Waals surface area contributed by atoms with Crippen LogP contribution in [-0.2, 0) is 4.79 Å². The fraction of sp³-hybridized carbons (Fsp3) is 0.462. The molecule has 4 heteroatoms. The van der Waals surface area contributed by atoms with Crippen LogP contribution in [0.4, 0.5) is 4.39 Å². The molecular weight excluding hydrogens is 219 g/mol. The lowest BCUT2D eigenvalue weighted by molar-refractivity contribution is -0.137. The van der Waals surface area contributed by atoms with E-state index in [0.29, 0.717) is 12.1 Å². The van der Waals surface area contributed by atoms with Crippen LogP contribution in [0.15, 0.2) is 24.3 Å². The second kappa shape index (κ2) is 4.84. The van der Waals surface area contributed by atoms with Crippen LogP contribution in [0.3, 0.4) is 0 Å². The van der Waals surface area contributed by atoms with Crippen molar-refractivity contribution < 1.29 is 9.18 Å². The number of hydrogen-bond acceptors (Lipinski definition) is 2. The van der Waals surface area contributed by atoms with Crippen molar-refractivity contribution in [3.05, 3.63) is 35.6 Å². The van der Waals surface area contributed by atoms with Crippen molar-refractivity contribution in [1.82, 2.24) is 4.90 Å². The van der Waals surface area contributed by atoms with Crippen molar-refractivity contribution in [2.75, 3.05) is 6.54 Å². The Morgan fingerprint density at radius 2 is 2.18 bits per heavy atom. The summed E-state index contributed by atoms with van der Waals surface area (Å²) in [6.45, 7) is 2.50. The fourth-order valence-electron chi connectivity index (χ4n) is 2.29. The number of piperidine rings is 1. The summed E-state index contributed by atoms with van der Waals surface area (Å²) in [6.07, 6.45) is 1.60. The minimum Gasteiger partial charge on any atom is -0.334 e. The Morgan fingerprint density at radius 1 is 1.47 bits per heavy atom. The largest absolute Gasteiger partial charge is 0.334 e. The number of nitrogens with zero attached hydrogens (tertiary/aromatic N) is 1. The molecule has 0 aromatic heterocycles. The van der Waals surface area contributed by atoms with Gasteiger partial charge in [0, 0.05) is 12.1 Å². The Hall–Kier alpha value is -1.42. The second-order valence-electron chi connectivity index (χ2n) is 4.48. The van der Waals surface area contributed by atoms with Gasteiger partial charge in [0.25, 0.3) is 0 Å². The molecule has 2 rings (SSSR count). The van der Waals surface area contributed by atoms with E-state index in [0.717, 1.165) is 12.8 Å². The number of carbonyl (C=O) groups is 1. The predicted octanol–water partition coefficient (Wildman–Crippen LogP) is 1.84. The van der Waals surface area contributed by atoms with E-state index in [4.69, 9.17) is 5.73 Å². The quantitative estimate of drug-likeness (QED) is 0.851. The third-order valence-electron chi connectivity index (χ3n) is 3.34. The molecule has 0 spiro atoms. The molecule has 3 nitrogen and oxygen atoms in total. The van der Waals surface area contributed by atoms with Crippen LogP contribution in [0.5, 0.6) is 0 Å². The number of benzene rings is 1. The lowest BCUT2D eigenvalue weighted by Crippen LogP contribution is -2.49. The first-order valence-corrected chi connectivity index (χ1v) is 5.91. The van der Waals surface area contributed by atoms with Gasteiger partial charge in [-0.2, -0.15) is 0 Å². The molecule has 1 fully saturated rings. The predicted molar refractivity (Wildman–Crippen MR) is 63.7 cm³/mol. The molecule has 1 heterocycles. The Bertz CT molecular complexity index is 422. The summed E-state index contributed by atoms with van der Waals surface area (Å²) in [5, 5.41) is 0. The first-order valence-electron chi connectivity index (χ1n) is 5.91. The van der Waals surface area contributed by atoms with Gasteiger partial charge < -0.3 is 10.6 Å². The molecule has 0 bridgehead atoms. The van der Waals surface area contributed by atoms with Gasteiger partial charge in [-0.3, -0.25) is 4.79 Å². The Morgan fingerprint density at radius 3 is 2.88 bits per heavy atom. The summed E-state index contributed by atoms with van der Waals surface area (Å²) in [5.74, 6) is -0.348. The minimum atomic E-state index is -0.432. The van der Waals surface area contributed by atoms with Crippen LogP contribution in [0.25, 0.3) is 0 Å². The van der Waals surface area contributed by atoms with Gasteiger partial charge in [-0.25, -0.2) is 4.39 Å². The third-order valence-corrected chi connectivity index (χ3v) is 3.34. The molecule has 1 aliphatic rings. The zero-order valence-electron chi connectivity index (χ0n) is 9.90. The average Bonchev–Trinajstić information content (AvgIpc) is 2.32. The highest BCUT2D eigenvalue weighted by Gasteiger charge is 2.30. The van der Waals surface area contributed by atoms with Crippen LogP contribution in [-0.4, -0.2) is 23.4 Å². The second-order valence-corrected chi connectivity index (χ2v) is 4.48. The number of nitrogens with two attached hydrogens (primary N) is 1. The van der Waals surface area contributed by atoms with Gasteiger partial charge in [0.2, 0.25) is 5.91 Å². The van der Waals surface area contributed by atoms with Crippen LogP contribution < -0.4 is 5.73 Å². The summed E-state index contributed by atoms with van der Waals surface area (Å²) >= 11 is 0. The summed E-state index contributed by atoms with van der Waals surface area (Å²) in [6, 6.07) is 5.87. The number of rotatable bonds is 2. The number of halogens is 1. The minimum absolute atomic E-state index is 0.0768. The molecule has 2 N–H and O–H groups in total. The molecule has 1 saturated heterocycles. The van der Waals surface area contributed by atoms with Crippen LogP contribution in [0.2, 0.25) is 0 Å². The maximum Gasteiger partial charge on any atom is 0.239 e. The molecule has 17 heavy (non-hydrogen) atoms. The number of likely N-dealkylation sites (tertiary alicyclic amines) is 1. The zero-order valence-corrected chi connectivity index (χ0v) is 9.90. The maximum atomic E-state index is 13.7. The standard InChI is InChI=1S/C13H17FN2O/c1-9(10-5-2-3-6-11(10)14)16-8-4-7-12(15)13(16)17/h2-3,5-6,9,12H,4,7-8,15H2,1H3/t9-,12-/m0/s1. The fourth-order valence-corrected chi connectivity index (χ4v) is 2.29. The maximum absolute atomic E-state index is 13.7. The van der Waals surface area contributed by atoms with E-state index in [1.54, 1.807) is 23.1 Å². The molecule has 1 aliphatic heterocycles. The topological polar surface area (TPSA) is 46.3 Å². The molecule has 92 valence electrons. The highest BCUT2D eigenvalue weighted by Crippen LogP contribution is 2.26. The Kier molecular flexibility index (Phi) is 3.43. The summed E-state index contributed by atoms with van der Waals surface area (Å²) in [7, 11) is 0. The van der Waals surface area contributed by atoms with Crippen molar-refractivity contribution in [2.45, 2.75) is 31.8 Å². The van der Waals surface area contributed by atoms with Crippen LogP contribution in [0.1, 0.15) is 31.4 Å². The van der Waals surface area contributed by atoms with E-state index in [9.17, 15) is 9.18 Å². The van der Waals surface area contributed by atoms with Gasteiger partial charge in [-0.15, -0.1) is 0 Å².